The average molecular weight is 659 g/mol. The zero-order valence-corrected chi connectivity index (χ0v) is 29.6. The minimum atomic E-state index is -0.988. The normalized spacial score (nSPS) is 21.4. The van der Waals surface area contributed by atoms with Gasteiger partial charge >= 0.3 is 6.03 Å². The van der Waals surface area contributed by atoms with Gasteiger partial charge in [-0.1, -0.05) is 65.9 Å². The number of urea groups is 1. The van der Waals surface area contributed by atoms with Gasteiger partial charge in [0.2, 0.25) is 23.5 Å². The van der Waals surface area contributed by atoms with Gasteiger partial charge in [-0.15, -0.1) is 6.58 Å². The Morgan fingerprint density at radius 2 is 1.53 bits per heavy atom. The number of carbonyl (C=O) groups is 6. The van der Waals surface area contributed by atoms with Crippen LogP contribution < -0.4 is 26.6 Å². The monoisotopic (exact) mass is 658 g/mol. The maximum absolute atomic E-state index is 14.3. The highest BCUT2D eigenvalue weighted by molar-refractivity contribution is 6.38. The van der Waals surface area contributed by atoms with Crippen molar-refractivity contribution in [2.24, 2.45) is 16.7 Å². The molecule has 0 radical (unpaired) electrons. The SMILES string of the molecule is C=CCNC(=O)C(=O)C(CC1CC1)NC(=O)[C@@H]1CCCN1C(=O)[C@@H](NC(=O)[C@@H](NC(=O)NC(C)(C)C)C1(C)CCCCC1)C(C)(C)C. The fraction of sp³-hybridized carbons (Fsp3) is 0.771. The van der Waals surface area contributed by atoms with Crippen molar-refractivity contribution in [3.63, 3.8) is 0 Å². The van der Waals surface area contributed by atoms with Crippen LogP contribution in [0, 0.1) is 16.7 Å². The van der Waals surface area contributed by atoms with Crippen LogP contribution in [0.25, 0.3) is 0 Å². The van der Waals surface area contributed by atoms with Crippen molar-refractivity contribution < 1.29 is 28.8 Å². The van der Waals surface area contributed by atoms with Gasteiger partial charge in [0, 0.05) is 18.6 Å². The highest BCUT2D eigenvalue weighted by atomic mass is 16.2. The van der Waals surface area contributed by atoms with Crippen molar-refractivity contribution in [2.75, 3.05) is 13.1 Å². The lowest BCUT2D eigenvalue weighted by molar-refractivity contribution is -0.145. The Morgan fingerprint density at radius 1 is 0.894 bits per heavy atom. The second-order valence-electron chi connectivity index (χ2n) is 16.1. The molecule has 4 atom stereocenters. The summed E-state index contributed by atoms with van der Waals surface area (Å²) in [6, 6.07) is -4.15. The summed E-state index contributed by atoms with van der Waals surface area (Å²) in [7, 11) is 0. The first kappa shape index (κ1) is 38.0. The Bertz CT molecular complexity index is 1190. The van der Waals surface area contributed by atoms with Crippen molar-refractivity contribution in [1.82, 2.24) is 31.5 Å². The number of hydrogen-bond donors (Lipinski definition) is 5. The minimum absolute atomic E-state index is 0.135. The summed E-state index contributed by atoms with van der Waals surface area (Å²) in [6.45, 7) is 17.2. The van der Waals surface area contributed by atoms with E-state index < -0.39 is 76.0 Å². The molecule has 2 saturated carbocycles. The molecular formula is C35H58N6O6. The Labute approximate surface area is 280 Å². The summed E-state index contributed by atoms with van der Waals surface area (Å²) in [5, 5.41) is 14.1. The molecule has 0 aromatic heterocycles. The topological polar surface area (TPSA) is 166 Å². The fourth-order valence-corrected chi connectivity index (χ4v) is 6.65. The zero-order chi connectivity index (χ0) is 35.2. The van der Waals surface area contributed by atoms with E-state index in [1.165, 1.54) is 11.0 Å². The quantitative estimate of drug-likeness (QED) is 0.151. The molecule has 47 heavy (non-hydrogen) atoms. The van der Waals surface area contributed by atoms with Gasteiger partial charge in [0.15, 0.2) is 0 Å². The molecule has 5 N–H and O–H groups in total. The van der Waals surface area contributed by atoms with Crippen LogP contribution in [0.2, 0.25) is 0 Å². The number of likely N-dealkylation sites (tertiary alicyclic amines) is 1. The van der Waals surface area contributed by atoms with E-state index in [-0.39, 0.29) is 12.5 Å². The number of nitrogens with zero attached hydrogens (tertiary/aromatic N) is 1. The second kappa shape index (κ2) is 15.6. The predicted octanol–water partition coefficient (Wildman–Crippen LogP) is 3.10. The number of hydrogen-bond acceptors (Lipinski definition) is 6. The number of carbonyl (C=O) groups excluding carboxylic acids is 6. The Hall–Kier alpha value is -3.44. The third-order valence-corrected chi connectivity index (χ3v) is 9.49. The molecule has 0 aromatic carbocycles. The number of Topliss-reactive ketones (excluding diaryl/α,β-unsaturated/α-hetero) is 1. The molecule has 0 spiro atoms. The molecule has 264 valence electrons. The van der Waals surface area contributed by atoms with Gasteiger partial charge in [0.25, 0.3) is 5.91 Å². The van der Waals surface area contributed by atoms with E-state index in [0.29, 0.717) is 25.8 Å². The number of nitrogens with one attached hydrogen (secondary N) is 5. The number of amides is 6. The Morgan fingerprint density at radius 3 is 2.09 bits per heavy atom. The molecule has 6 amide bonds. The summed E-state index contributed by atoms with van der Waals surface area (Å²) in [5.74, 6) is -2.56. The van der Waals surface area contributed by atoms with Gasteiger partial charge in [-0.25, -0.2) is 4.79 Å². The van der Waals surface area contributed by atoms with Crippen molar-refractivity contribution >= 4 is 35.4 Å². The van der Waals surface area contributed by atoms with E-state index in [2.05, 4.69) is 33.2 Å². The van der Waals surface area contributed by atoms with E-state index >= 15 is 0 Å². The van der Waals surface area contributed by atoms with Crippen LogP contribution in [0.5, 0.6) is 0 Å². The van der Waals surface area contributed by atoms with Crippen molar-refractivity contribution in [2.45, 2.75) is 142 Å². The largest absolute Gasteiger partial charge is 0.346 e. The van der Waals surface area contributed by atoms with E-state index in [4.69, 9.17) is 0 Å². The maximum Gasteiger partial charge on any atom is 0.315 e. The van der Waals surface area contributed by atoms with Gasteiger partial charge in [-0.05, 0) is 69.6 Å². The summed E-state index contributed by atoms with van der Waals surface area (Å²) >= 11 is 0. The zero-order valence-electron chi connectivity index (χ0n) is 29.6. The van der Waals surface area contributed by atoms with Gasteiger partial charge < -0.3 is 31.5 Å². The third kappa shape index (κ3) is 10.8. The molecule has 12 nitrogen and oxygen atoms in total. The average Bonchev–Trinajstić information content (AvgIpc) is 3.65. The summed E-state index contributed by atoms with van der Waals surface area (Å²) in [6.07, 6.45) is 9.13. The van der Waals surface area contributed by atoms with Gasteiger partial charge in [-0.3, -0.25) is 24.0 Å². The van der Waals surface area contributed by atoms with E-state index in [9.17, 15) is 28.8 Å². The first-order valence-corrected chi connectivity index (χ1v) is 17.3. The van der Waals surface area contributed by atoms with Crippen LogP contribution in [0.1, 0.15) is 113 Å². The van der Waals surface area contributed by atoms with Gasteiger partial charge in [0.1, 0.15) is 18.1 Å². The summed E-state index contributed by atoms with van der Waals surface area (Å²) < 4.78 is 0. The first-order chi connectivity index (χ1) is 21.9. The van der Waals surface area contributed by atoms with Crippen molar-refractivity contribution in [3.05, 3.63) is 12.7 Å². The van der Waals surface area contributed by atoms with Crippen LogP contribution in [0.15, 0.2) is 12.7 Å². The summed E-state index contributed by atoms with van der Waals surface area (Å²) in [4.78, 5) is 82.0. The lowest BCUT2D eigenvalue weighted by Crippen LogP contribution is -2.64. The molecular weight excluding hydrogens is 600 g/mol. The molecule has 1 aliphatic heterocycles. The standard InChI is InChI=1S/C35H58N6O6/c1-9-19-36-29(44)25(42)23(21-22-15-16-22)37-28(43)24-14-13-20-41(24)31(46)27(33(2,3)4)38-30(45)26(35(8)17-11-10-12-18-35)39-32(47)40-34(5,6)7/h9,22-24,26-27H,1,10-21H2,2-8H3,(H,36,44)(H,37,43)(H,38,45)(H2,39,40,47)/t23?,24-,26+,27+/m0/s1. The molecule has 3 fully saturated rings. The maximum atomic E-state index is 14.3. The first-order valence-electron chi connectivity index (χ1n) is 17.3. The molecule has 3 aliphatic rings. The fourth-order valence-electron chi connectivity index (χ4n) is 6.65. The van der Waals surface area contributed by atoms with Crippen LogP contribution in [-0.2, 0) is 24.0 Å². The van der Waals surface area contributed by atoms with Gasteiger partial charge in [-0.2, -0.15) is 0 Å². The molecule has 1 heterocycles. The third-order valence-electron chi connectivity index (χ3n) is 9.49. The number of ketones is 1. The molecule has 1 saturated heterocycles. The summed E-state index contributed by atoms with van der Waals surface area (Å²) in [5.41, 5.74) is -1.73. The second-order valence-corrected chi connectivity index (χ2v) is 16.1. The lowest BCUT2D eigenvalue weighted by Gasteiger charge is -2.42. The Kier molecular flexibility index (Phi) is 12.6. The molecule has 0 aromatic rings. The van der Waals surface area contributed by atoms with E-state index in [1.807, 2.05) is 48.5 Å². The smallest absolute Gasteiger partial charge is 0.315 e. The molecule has 1 unspecified atom stereocenters. The lowest BCUT2D eigenvalue weighted by atomic mass is 9.70. The van der Waals surface area contributed by atoms with Gasteiger partial charge in [0.05, 0.1) is 6.04 Å². The molecule has 3 rings (SSSR count). The molecule has 0 bridgehead atoms. The van der Waals surface area contributed by atoms with E-state index in [0.717, 1.165) is 44.9 Å². The minimum Gasteiger partial charge on any atom is -0.346 e. The highest BCUT2D eigenvalue weighted by Gasteiger charge is 2.46. The van der Waals surface area contributed by atoms with Crippen LogP contribution in [-0.4, -0.2) is 83.1 Å². The molecule has 2 aliphatic carbocycles. The highest BCUT2D eigenvalue weighted by Crippen LogP contribution is 2.39. The van der Waals surface area contributed by atoms with Crippen molar-refractivity contribution in [3.8, 4) is 0 Å². The van der Waals surface area contributed by atoms with Crippen molar-refractivity contribution in [1.29, 1.82) is 0 Å². The van der Waals surface area contributed by atoms with E-state index in [1.54, 1.807) is 0 Å². The van der Waals surface area contributed by atoms with Crippen LogP contribution in [0.4, 0.5) is 4.79 Å². The number of rotatable bonds is 13. The molecule has 12 heteroatoms. The van der Waals surface area contributed by atoms with Crippen LogP contribution >= 0.6 is 0 Å². The Balaban J connectivity index is 1.80. The predicted molar refractivity (Wildman–Crippen MR) is 180 cm³/mol. The van der Waals surface area contributed by atoms with Crippen LogP contribution in [0.3, 0.4) is 0 Å².